The van der Waals surface area contributed by atoms with E-state index in [9.17, 15) is 13.2 Å². The Morgan fingerprint density at radius 3 is 2.18 bits per heavy atom. The van der Waals surface area contributed by atoms with Crippen LogP contribution in [0.15, 0.2) is 0 Å². The number of sulfone groups is 1. The van der Waals surface area contributed by atoms with Crippen LogP contribution in [0.1, 0.15) is 6.92 Å². The summed E-state index contributed by atoms with van der Waals surface area (Å²) in [5.41, 5.74) is -0.784. The molecule has 0 aliphatic carbocycles. The molecule has 0 N–H and O–H groups in total. The maximum absolute atomic E-state index is 10.9. The minimum atomic E-state index is -2.95. The van der Waals surface area contributed by atoms with E-state index in [1.54, 1.807) is 6.92 Å². The third kappa shape index (κ3) is 1.38. The van der Waals surface area contributed by atoms with Crippen molar-refractivity contribution in [2.75, 3.05) is 18.6 Å². The molecule has 4 nitrogen and oxygen atoms in total. The molecule has 0 bridgehead atoms. The van der Waals surface area contributed by atoms with Crippen LogP contribution >= 0.6 is 0 Å². The van der Waals surface area contributed by atoms with E-state index in [1.165, 1.54) is 7.11 Å². The van der Waals surface area contributed by atoms with E-state index in [4.69, 9.17) is 0 Å². The number of carbonyl (C=O) groups is 1. The van der Waals surface area contributed by atoms with Gasteiger partial charge in [-0.05, 0) is 6.92 Å². The lowest BCUT2D eigenvalue weighted by Gasteiger charge is -2.34. The number of methoxy groups -OCH3 is 1. The number of hydrogen-bond acceptors (Lipinski definition) is 4. The second-order valence-electron chi connectivity index (χ2n) is 3.08. The standard InChI is InChI=1S/C6H10O4S/c1-6(5(7)10-2)3-11(8,9)4-6/h3-4H2,1-2H3. The van der Waals surface area contributed by atoms with Gasteiger partial charge < -0.3 is 4.74 Å². The van der Waals surface area contributed by atoms with Gasteiger partial charge in [-0.25, -0.2) is 8.42 Å². The van der Waals surface area contributed by atoms with Crippen molar-refractivity contribution >= 4 is 15.8 Å². The number of ether oxygens (including phenoxy) is 1. The van der Waals surface area contributed by atoms with Gasteiger partial charge in [0.05, 0.1) is 24.0 Å². The second-order valence-corrected chi connectivity index (χ2v) is 5.15. The highest BCUT2D eigenvalue weighted by Gasteiger charge is 2.51. The van der Waals surface area contributed by atoms with Gasteiger partial charge in [-0.3, -0.25) is 4.79 Å². The van der Waals surface area contributed by atoms with Crippen LogP contribution in [0.2, 0.25) is 0 Å². The molecule has 0 spiro atoms. The Bertz CT molecular complexity index is 265. The first-order valence-corrected chi connectivity index (χ1v) is 5.01. The molecular formula is C6H10O4S. The van der Waals surface area contributed by atoms with Crippen LogP contribution < -0.4 is 0 Å². The highest BCUT2D eigenvalue weighted by molar-refractivity contribution is 7.93. The first-order chi connectivity index (χ1) is 4.90. The molecule has 0 aromatic rings. The third-order valence-corrected chi connectivity index (χ3v) is 3.91. The van der Waals surface area contributed by atoms with Gasteiger partial charge in [0.2, 0.25) is 0 Å². The summed E-state index contributed by atoms with van der Waals surface area (Å²) in [6, 6.07) is 0. The molecule has 64 valence electrons. The van der Waals surface area contributed by atoms with Crippen LogP contribution in [0.4, 0.5) is 0 Å². The predicted molar refractivity (Wildman–Crippen MR) is 38.8 cm³/mol. The van der Waals surface area contributed by atoms with Crippen molar-refractivity contribution < 1.29 is 17.9 Å². The fraction of sp³-hybridized carbons (Fsp3) is 0.833. The van der Waals surface area contributed by atoms with Crippen molar-refractivity contribution in [1.82, 2.24) is 0 Å². The summed E-state index contributed by atoms with van der Waals surface area (Å²) < 4.78 is 25.9. The zero-order valence-corrected chi connectivity index (χ0v) is 7.27. The Morgan fingerprint density at radius 2 is 1.91 bits per heavy atom. The maximum Gasteiger partial charge on any atom is 0.313 e. The van der Waals surface area contributed by atoms with E-state index in [2.05, 4.69) is 4.74 Å². The number of hydrogen-bond donors (Lipinski definition) is 0. The lowest BCUT2D eigenvalue weighted by molar-refractivity contribution is -0.150. The molecule has 1 fully saturated rings. The minimum Gasteiger partial charge on any atom is -0.469 e. The maximum atomic E-state index is 10.9. The van der Waals surface area contributed by atoms with Crippen molar-refractivity contribution in [3.63, 3.8) is 0 Å². The summed E-state index contributed by atoms with van der Waals surface area (Å²) in [5.74, 6) is -0.591. The largest absolute Gasteiger partial charge is 0.469 e. The van der Waals surface area contributed by atoms with Gasteiger partial charge in [-0.1, -0.05) is 0 Å². The monoisotopic (exact) mass is 178 g/mol. The summed E-state index contributed by atoms with van der Waals surface area (Å²) in [6.45, 7) is 1.60. The average Bonchev–Trinajstić information content (AvgIpc) is 1.81. The molecule has 0 amide bonds. The highest BCUT2D eigenvalue weighted by atomic mass is 32.2. The zero-order chi connectivity index (χ0) is 8.70. The second kappa shape index (κ2) is 2.20. The van der Waals surface area contributed by atoms with Gasteiger partial charge in [-0.2, -0.15) is 0 Å². The van der Waals surface area contributed by atoms with Gasteiger partial charge >= 0.3 is 5.97 Å². The summed E-state index contributed by atoms with van der Waals surface area (Å²) in [6.07, 6.45) is 0. The Hall–Kier alpha value is -0.580. The van der Waals surface area contributed by atoms with Gasteiger partial charge in [0.25, 0.3) is 0 Å². The Labute approximate surface area is 65.5 Å². The topological polar surface area (TPSA) is 60.4 Å². The van der Waals surface area contributed by atoms with E-state index in [0.29, 0.717) is 0 Å². The van der Waals surface area contributed by atoms with Crippen molar-refractivity contribution in [2.45, 2.75) is 6.92 Å². The minimum absolute atomic E-state index is 0.0767. The Balaban J connectivity index is 2.70. The van der Waals surface area contributed by atoms with Crippen LogP contribution in [0.25, 0.3) is 0 Å². The van der Waals surface area contributed by atoms with Crippen LogP contribution in [0.5, 0.6) is 0 Å². The molecule has 0 unspecified atom stereocenters. The quantitative estimate of drug-likeness (QED) is 0.512. The van der Waals surface area contributed by atoms with E-state index >= 15 is 0 Å². The van der Waals surface area contributed by atoms with Gasteiger partial charge in [-0.15, -0.1) is 0 Å². The van der Waals surface area contributed by atoms with Gasteiger partial charge in [0.1, 0.15) is 0 Å². The van der Waals surface area contributed by atoms with Crippen molar-refractivity contribution in [2.24, 2.45) is 5.41 Å². The first-order valence-electron chi connectivity index (χ1n) is 3.18. The predicted octanol–water partition coefficient (Wildman–Crippen LogP) is -0.406. The van der Waals surface area contributed by atoms with Crippen molar-refractivity contribution in [3.05, 3.63) is 0 Å². The molecule has 5 heteroatoms. The first kappa shape index (κ1) is 8.52. The number of rotatable bonds is 1. The van der Waals surface area contributed by atoms with Crippen LogP contribution in [0.3, 0.4) is 0 Å². The van der Waals surface area contributed by atoms with Crippen molar-refractivity contribution in [1.29, 1.82) is 0 Å². The molecule has 0 radical (unpaired) electrons. The van der Waals surface area contributed by atoms with Crippen molar-refractivity contribution in [3.8, 4) is 0 Å². The number of carbonyl (C=O) groups excluding carboxylic acids is 1. The molecule has 0 aromatic carbocycles. The lowest BCUT2D eigenvalue weighted by atomic mass is 9.95. The summed E-state index contributed by atoms with van der Waals surface area (Å²) in [5, 5.41) is 0. The van der Waals surface area contributed by atoms with Crippen LogP contribution in [0, 0.1) is 5.41 Å². The zero-order valence-electron chi connectivity index (χ0n) is 6.46. The average molecular weight is 178 g/mol. The smallest absolute Gasteiger partial charge is 0.313 e. The molecule has 1 heterocycles. The summed E-state index contributed by atoms with van der Waals surface area (Å²) in [7, 11) is -1.68. The molecule has 1 rings (SSSR count). The molecule has 1 aliphatic heterocycles. The third-order valence-electron chi connectivity index (χ3n) is 1.76. The number of esters is 1. The van der Waals surface area contributed by atoms with Gasteiger partial charge in [0, 0.05) is 0 Å². The van der Waals surface area contributed by atoms with Gasteiger partial charge in [0.15, 0.2) is 9.84 Å². The molecule has 1 aliphatic rings. The summed E-state index contributed by atoms with van der Waals surface area (Å²) >= 11 is 0. The molecular weight excluding hydrogens is 168 g/mol. The molecule has 0 saturated carbocycles. The highest BCUT2D eigenvalue weighted by Crippen LogP contribution is 2.33. The van der Waals surface area contributed by atoms with E-state index in [-0.39, 0.29) is 11.5 Å². The fourth-order valence-corrected chi connectivity index (χ4v) is 3.39. The van der Waals surface area contributed by atoms with Crippen LogP contribution in [-0.2, 0) is 19.4 Å². The SMILES string of the molecule is COC(=O)C1(C)CS(=O)(=O)C1. The normalized spacial score (nSPS) is 25.3. The van der Waals surface area contributed by atoms with E-state index < -0.39 is 21.2 Å². The molecule has 1 saturated heterocycles. The Kier molecular flexibility index (Phi) is 1.70. The van der Waals surface area contributed by atoms with E-state index in [1.807, 2.05) is 0 Å². The fourth-order valence-electron chi connectivity index (χ4n) is 1.29. The molecule has 0 aromatic heterocycles. The van der Waals surface area contributed by atoms with Crippen LogP contribution in [-0.4, -0.2) is 33.0 Å². The summed E-state index contributed by atoms with van der Waals surface area (Å²) in [4.78, 5) is 10.9. The molecule has 11 heavy (non-hydrogen) atoms. The Morgan fingerprint density at radius 1 is 1.45 bits per heavy atom. The van der Waals surface area contributed by atoms with E-state index in [0.717, 1.165) is 0 Å². The molecule has 0 atom stereocenters. The lowest BCUT2D eigenvalue weighted by Crippen LogP contribution is -2.52.